The van der Waals surface area contributed by atoms with E-state index in [1.165, 1.54) is 37.6 Å². The largest absolute Gasteiger partial charge is 0.327 e. The lowest BCUT2D eigenvalue weighted by Gasteiger charge is -2.23. The van der Waals surface area contributed by atoms with Gasteiger partial charge in [-0.25, -0.2) is 4.98 Å². The van der Waals surface area contributed by atoms with E-state index in [-0.39, 0.29) is 0 Å². The van der Waals surface area contributed by atoms with Gasteiger partial charge in [-0.2, -0.15) is 0 Å². The second kappa shape index (κ2) is 3.65. The zero-order valence-electron chi connectivity index (χ0n) is 8.76. The van der Waals surface area contributed by atoms with Gasteiger partial charge in [0.2, 0.25) is 0 Å². The monoisotopic (exact) mass is 201 g/mol. The molecule has 2 aromatic heterocycles. The summed E-state index contributed by atoms with van der Waals surface area (Å²) in [6.07, 6.45) is 12.4. The van der Waals surface area contributed by atoms with Crippen molar-refractivity contribution in [3.8, 4) is 0 Å². The predicted octanol–water partition coefficient (Wildman–Crippen LogP) is 2.94. The van der Waals surface area contributed by atoms with Crippen molar-refractivity contribution in [2.75, 3.05) is 0 Å². The maximum absolute atomic E-state index is 4.39. The van der Waals surface area contributed by atoms with Gasteiger partial charge in [0.15, 0.2) is 0 Å². The van der Waals surface area contributed by atoms with Crippen LogP contribution in [0.2, 0.25) is 0 Å². The molecule has 2 heterocycles. The van der Waals surface area contributed by atoms with Crippen molar-refractivity contribution in [1.82, 2.24) is 14.5 Å². The summed E-state index contributed by atoms with van der Waals surface area (Å²) >= 11 is 0. The zero-order chi connectivity index (χ0) is 10.1. The maximum atomic E-state index is 4.39. The van der Waals surface area contributed by atoms with Gasteiger partial charge in [-0.1, -0.05) is 19.3 Å². The van der Waals surface area contributed by atoms with E-state index >= 15 is 0 Å². The quantitative estimate of drug-likeness (QED) is 0.710. The molecule has 3 rings (SSSR count). The van der Waals surface area contributed by atoms with Crippen molar-refractivity contribution in [3.05, 3.63) is 24.8 Å². The highest BCUT2D eigenvalue weighted by Gasteiger charge is 2.16. The van der Waals surface area contributed by atoms with E-state index in [0.29, 0.717) is 6.04 Å². The normalized spacial score (nSPS) is 18.4. The van der Waals surface area contributed by atoms with Crippen LogP contribution in [0.15, 0.2) is 24.8 Å². The molecule has 0 N–H and O–H groups in total. The van der Waals surface area contributed by atoms with E-state index in [9.17, 15) is 0 Å². The van der Waals surface area contributed by atoms with Crippen molar-refractivity contribution in [2.45, 2.75) is 38.1 Å². The second-order valence-corrected chi connectivity index (χ2v) is 4.31. The third-order valence-electron chi connectivity index (χ3n) is 3.35. The number of rotatable bonds is 1. The Balaban J connectivity index is 2.02. The molecule has 0 saturated heterocycles. The standard InChI is InChI=1S/C12H15N3/c1-2-4-10(5-3-1)15-9-14-11-8-13-7-6-12(11)15/h6-10H,1-5H2. The van der Waals surface area contributed by atoms with Crippen LogP contribution >= 0.6 is 0 Å². The Kier molecular flexibility index (Phi) is 2.16. The molecular weight excluding hydrogens is 186 g/mol. The average molecular weight is 201 g/mol. The Bertz CT molecular complexity index is 455. The number of imidazole rings is 1. The summed E-state index contributed by atoms with van der Waals surface area (Å²) in [7, 11) is 0. The Hall–Kier alpha value is -1.38. The topological polar surface area (TPSA) is 30.7 Å². The van der Waals surface area contributed by atoms with Crippen molar-refractivity contribution in [3.63, 3.8) is 0 Å². The number of fused-ring (bicyclic) bond motifs is 1. The summed E-state index contributed by atoms with van der Waals surface area (Å²) in [6.45, 7) is 0. The molecule has 1 fully saturated rings. The molecule has 0 spiro atoms. The molecule has 3 nitrogen and oxygen atoms in total. The van der Waals surface area contributed by atoms with Crippen molar-refractivity contribution in [2.24, 2.45) is 0 Å². The van der Waals surface area contributed by atoms with Gasteiger partial charge in [0.25, 0.3) is 0 Å². The first kappa shape index (κ1) is 8.89. The molecule has 0 atom stereocenters. The minimum Gasteiger partial charge on any atom is -0.327 e. The van der Waals surface area contributed by atoms with Crippen LogP contribution in [0.1, 0.15) is 38.1 Å². The molecule has 1 aliphatic carbocycles. The third kappa shape index (κ3) is 1.52. The first-order valence-corrected chi connectivity index (χ1v) is 5.72. The van der Waals surface area contributed by atoms with Crippen LogP contribution in [0.25, 0.3) is 11.0 Å². The molecule has 0 amide bonds. The molecule has 1 saturated carbocycles. The van der Waals surface area contributed by atoms with Crippen LogP contribution in [-0.4, -0.2) is 14.5 Å². The fourth-order valence-corrected chi connectivity index (χ4v) is 2.53. The van der Waals surface area contributed by atoms with E-state index in [4.69, 9.17) is 0 Å². The molecule has 0 aromatic carbocycles. The Morgan fingerprint density at radius 2 is 2.07 bits per heavy atom. The van der Waals surface area contributed by atoms with E-state index in [2.05, 4.69) is 20.6 Å². The van der Waals surface area contributed by atoms with Crippen LogP contribution in [0.3, 0.4) is 0 Å². The lowest BCUT2D eigenvalue weighted by atomic mass is 9.95. The van der Waals surface area contributed by atoms with Crippen LogP contribution in [0.5, 0.6) is 0 Å². The summed E-state index contributed by atoms with van der Waals surface area (Å²) < 4.78 is 2.33. The van der Waals surface area contributed by atoms with E-state index < -0.39 is 0 Å². The van der Waals surface area contributed by atoms with Gasteiger partial charge in [0.1, 0.15) is 5.52 Å². The van der Waals surface area contributed by atoms with E-state index in [1.807, 2.05) is 18.7 Å². The minimum absolute atomic E-state index is 0.658. The number of aromatic nitrogens is 3. The average Bonchev–Trinajstić information content (AvgIpc) is 2.74. The Morgan fingerprint density at radius 3 is 2.93 bits per heavy atom. The zero-order valence-corrected chi connectivity index (χ0v) is 8.76. The van der Waals surface area contributed by atoms with Gasteiger partial charge in [-0.3, -0.25) is 4.98 Å². The third-order valence-corrected chi connectivity index (χ3v) is 3.35. The number of nitrogens with zero attached hydrogens (tertiary/aromatic N) is 3. The van der Waals surface area contributed by atoms with Crippen molar-refractivity contribution in [1.29, 1.82) is 0 Å². The van der Waals surface area contributed by atoms with Crippen LogP contribution in [-0.2, 0) is 0 Å². The smallest absolute Gasteiger partial charge is 0.107 e. The van der Waals surface area contributed by atoms with Gasteiger partial charge in [-0.05, 0) is 18.9 Å². The highest BCUT2D eigenvalue weighted by molar-refractivity contribution is 5.73. The molecule has 2 aromatic rings. The van der Waals surface area contributed by atoms with Gasteiger partial charge in [0.05, 0.1) is 18.0 Å². The number of hydrogen-bond acceptors (Lipinski definition) is 2. The Morgan fingerprint density at radius 1 is 1.20 bits per heavy atom. The number of hydrogen-bond donors (Lipinski definition) is 0. The lowest BCUT2D eigenvalue weighted by molar-refractivity contribution is 0.359. The maximum Gasteiger partial charge on any atom is 0.107 e. The number of pyridine rings is 1. The van der Waals surface area contributed by atoms with Gasteiger partial charge in [-0.15, -0.1) is 0 Å². The molecule has 0 aliphatic heterocycles. The molecule has 0 unspecified atom stereocenters. The van der Waals surface area contributed by atoms with Gasteiger partial charge < -0.3 is 4.57 Å². The van der Waals surface area contributed by atoms with E-state index in [0.717, 1.165) is 5.52 Å². The minimum atomic E-state index is 0.658. The fourth-order valence-electron chi connectivity index (χ4n) is 2.53. The summed E-state index contributed by atoms with van der Waals surface area (Å²) in [5.41, 5.74) is 2.25. The SMILES string of the molecule is c1cc2c(cn1)ncn2C1CCCCC1. The molecule has 0 bridgehead atoms. The highest BCUT2D eigenvalue weighted by atomic mass is 15.1. The van der Waals surface area contributed by atoms with Gasteiger partial charge in [0, 0.05) is 12.2 Å². The van der Waals surface area contributed by atoms with Crippen LogP contribution in [0.4, 0.5) is 0 Å². The molecule has 3 heteroatoms. The van der Waals surface area contributed by atoms with Crippen LogP contribution < -0.4 is 0 Å². The summed E-state index contributed by atoms with van der Waals surface area (Å²) in [5.74, 6) is 0. The highest BCUT2D eigenvalue weighted by Crippen LogP contribution is 2.30. The first-order chi connectivity index (χ1) is 7.45. The van der Waals surface area contributed by atoms with Gasteiger partial charge >= 0.3 is 0 Å². The fraction of sp³-hybridized carbons (Fsp3) is 0.500. The second-order valence-electron chi connectivity index (χ2n) is 4.31. The predicted molar refractivity (Wildman–Crippen MR) is 59.7 cm³/mol. The van der Waals surface area contributed by atoms with E-state index in [1.54, 1.807) is 0 Å². The van der Waals surface area contributed by atoms with Crippen molar-refractivity contribution < 1.29 is 0 Å². The summed E-state index contributed by atoms with van der Waals surface area (Å²) in [5, 5.41) is 0. The molecule has 15 heavy (non-hydrogen) atoms. The van der Waals surface area contributed by atoms with Crippen molar-refractivity contribution >= 4 is 11.0 Å². The molecule has 1 aliphatic rings. The summed E-state index contributed by atoms with van der Waals surface area (Å²) in [6, 6.07) is 2.72. The first-order valence-electron chi connectivity index (χ1n) is 5.72. The molecular formula is C12H15N3. The van der Waals surface area contributed by atoms with Crippen LogP contribution in [0, 0.1) is 0 Å². The molecule has 0 radical (unpaired) electrons. The Labute approximate surface area is 89.2 Å². The lowest BCUT2D eigenvalue weighted by Crippen LogP contribution is -2.11. The summed E-state index contributed by atoms with van der Waals surface area (Å²) in [4.78, 5) is 8.49. The molecule has 78 valence electrons.